The summed E-state index contributed by atoms with van der Waals surface area (Å²) in [5.74, 6) is -4.78. The minimum atomic E-state index is -2.02. The van der Waals surface area contributed by atoms with E-state index in [-0.39, 0.29) is 49.4 Å². The van der Waals surface area contributed by atoms with Crippen LogP contribution in [0.1, 0.15) is 131 Å². The van der Waals surface area contributed by atoms with Crippen molar-refractivity contribution in [3.05, 3.63) is 53.6 Å². The molecule has 12 N–H and O–H groups in total. The number of fused-ring (bicyclic) bond motifs is 7. The van der Waals surface area contributed by atoms with Gasteiger partial charge < -0.3 is 123 Å². The van der Waals surface area contributed by atoms with Crippen molar-refractivity contribution >= 4 is 36.7 Å². The topological polar surface area (TPSA) is 439 Å². The van der Waals surface area contributed by atoms with Crippen molar-refractivity contribution in [3.63, 3.8) is 0 Å². The van der Waals surface area contributed by atoms with Crippen LogP contribution in [0.2, 0.25) is 0 Å². The second-order valence-electron chi connectivity index (χ2n) is 32.5. The zero-order chi connectivity index (χ0) is 74.2. The molecule has 0 aromatic heterocycles. The van der Waals surface area contributed by atoms with E-state index in [9.17, 15) is 80.5 Å². The van der Waals surface area contributed by atoms with Crippen LogP contribution in [0.3, 0.4) is 0 Å². The molecule has 29 nitrogen and oxygen atoms in total. The highest BCUT2D eigenvalue weighted by atomic mass is 16.8. The fraction of sp³-hybridized carbons (Fsp3) is 0.795. The maximum absolute atomic E-state index is 16.0. The number of esters is 3. The number of carbonyl (C=O) groups is 5. The fourth-order valence-electron chi connectivity index (χ4n) is 19.7. The van der Waals surface area contributed by atoms with Crippen molar-refractivity contribution < 1.29 is 142 Å². The van der Waals surface area contributed by atoms with Crippen LogP contribution in [0.5, 0.6) is 0 Å². The number of hydrogen-bond donors (Lipinski definition) is 12. The first kappa shape index (κ1) is 78.5. The smallest absolute Gasteiger partial charge is 0.331 e. The molecular weight excluding hydrogens is 1340 g/mol. The van der Waals surface area contributed by atoms with E-state index in [2.05, 4.69) is 46.8 Å². The van der Waals surface area contributed by atoms with Crippen molar-refractivity contribution in [2.45, 2.75) is 280 Å². The van der Waals surface area contributed by atoms with Crippen LogP contribution in [0.25, 0.3) is 6.08 Å². The molecule has 4 saturated heterocycles. The predicted molar refractivity (Wildman–Crippen MR) is 350 cm³/mol. The molecule has 0 spiro atoms. The lowest BCUT2D eigenvalue weighted by Gasteiger charge is -2.72. The molecule has 1 aromatic carbocycles. The molecule has 4 aliphatic heterocycles. The van der Waals surface area contributed by atoms with Gasteiger partial charge in [0.1, 0.15) is 92.2 Å². The number of benzene rings is 1. The van der Waals surface area contributed by atoms with E-state index in [0.717, 1.165) is 18.8 Å². The Balaban J connectivity index is 0.894. The van der Waals surface area contributed by atoms with E-state index in [1.807, 2.05) is 31.2 Å². The lowest BCUT2D eigenvalue weighted by atomic mass is 9.32. The lowest BCUT2D eigenvalue weighted by molar-refractivity contribution is -0.395. The number of hydrogen-bond acceptors (Lipinski definition) is 29. The molecule has 5 saturated carbocycles. The van der Waals surface area contributed by atoms with Gasteiger partial charge in [-0.15, -0.1) is 0 Å². The van der Waals surface area contributed by atoms with E-state index in [1.54, 1.807) is 26.8 Å². The Hall–Kier alpha value is -4.55. The molecule has 4 heterocycles. The van der Waals surface area contributed by atoms with Crippen molar-refractivity contribution in [3.8, 4) is 0 Å². The molecule has 10 aliphatic rings. The molecule has 0 bridgehead atoms. The first-order chi connectivity index (χ1) is 48.0. The summed E-state index contributed by atoms with van der Waals surface area (Å²) in [4.78, 5) is 69.0. The summed E-state index contributed by atoms with van der Waals surface area (Å²) in [7, 11) is 0. The lowest BCUT2D eigenvalue weighted by Crippen LogP contribution is -2.70. The number of rotatable bonds is 19. The molecule has 11 rings (SSSR count). The van der Waals surface area contributed by atoms with E-state index >= 15 is 4.79 Å². The Bertz CT molecular complexity index is 3190. The summed E-state index contributed by atoms with van der Waals surface area (Å²) in [5, 5.41) is 134. The predicted octanol–water partition coefficient (Wildman–Crippen LogP) is 0.477. The third-order valence-electron chi connectivity index (χ3n) is 25.7. The number of ether oxygens (including phenoxy) is 12. The molecule has 572 valence electrons. The molecule has 35 atom stereocenters. The van der Waals surface area contributed by atoms with Gasteiger partial charge in [0.05, 0.1) is 54.6 Å². The molecule has 6 aliphatic carbocycles. The van der Waals surface area contributed by atoms with Crippen LogP contribution in [0, 0.1) is 69.0 Å². The molecular formula is C73H106O29. The Morgan fingerprint density at radius 2 is 1.28 bits per heavy atom. The van der Waals surface area contributed by atoms with Crippen LogP contribution in [0.4, 0.5) is 0 Å². The van der Waals surface area contributed by atoms with Crippen molar-refractivity contribution in [1.82, 2.24) is 0 Å². The number of aryl methyl sites for hydroxylation is 1. The van der Waals surface area contributed by atoms with Gasteiger partial charge in [0.2, 0.25) is 6.29 Å². The monoisotopic (exact) mass is 1450 g/mol. The maximum atomic E-state index is 16.0. The normalized spacial score (nSPS) is 49.2. The molecule has 1 aromatic rings. The molecule has 9 fully saturated rings. The van der Waals surface area contributed by atoms with E-state index < -0.39 is 236 Å². The number of carbonyl (C=O) groups excluding carboxylic acids is 5. The largest absolute Gasteiger partial charge is 0.465 e. The Morgan fingerprint density at radius 1 is 0.618 bits per heavy atom. The van der Waals surface area contributed by atoms with Crippen LogP contribution >= 0.6 is 0 Å². The molecule has 0 radical (unpaired) electrons. The van der Waals surface area contributed by atoms with Gasteiger partial charge in [0.25, 0.3) is 6.47 Å². The van der Waals surface area contributed by atoms with E-state index in [0.29, 0.717) is 37.7 Å². The highest BCUT2D eigenvalue weighted by Gasteiger charge is 2.74. The van der Waals surface area contributed by atoms with Gasteiger partial charge in [-0.1, -0.05) is 90.4 Å². The van der Waals surface area contributed by atoms with Crippen molar-refractivity contribution in [1.29, 1.82) is 0 Å². The van der Waals surface area contributed by atoms with Crippen molar-refractivity contribution in [2.24, 2.45) is 62.1 Å². The van der Waals surface area contributed by atoms with Crippen molar-refractivity contribution in [2.75, 3.05) is 19.8 Å². The summed E-state index contributed by atoms with van der Waals surface area (Å²) in [6.07, 6.45) is -30.1. The third-order valence-corrected chi connectivity index (χ3v) is 25.7. The number of allylic oxidation sites excluding steroid dienone is 2. The minimum absolute atomic E-state index is 0.0198. The highest BCUT2D eigenvalue weighted by Crippen LogP contribution is 2.76. The Morgan fingerprint density at radius 3 is 1.96 bits per heavy atom. The fourth-order valence-corrected chi connectivity index (χ4v) is 19.7. The molecule has 25 unspecified atom stereocenters. The summed E-state index contributed by atoms with van der Waals surface area (Å²) >= 11 is 0. The quantitative estimate of drug-likeness (QED) is 0.0224. The SMILES string of the molecule is CC(=O)OC1C(OC(=O)/C=C/c2ccc(C)cc2)C(C)OC(OC(=O)[C@]23CCC(C)(C)C[C@H]2C2C=C[C@@H]4[C@@]5(C)CC[C@H](OC6OC(COC=O)C(O)C(OC7OCC(O)C(O)C7O)C6OC6OC(CO)C(O)C(O)C6O)[C@@](C)(C=O)[C@@H]5CC[C@@]4(C)[C@]2(C)C[C@H]3O)C1OC1CC(C)C(O)C(O)C1O. The van der Waals surface area contributed by atoms with Gasteiger partial charge in [0.15, 0.2) is 37.2 Å². The first-order valence-corrected chi connectivity index (χ1v) is 35.9. The first-order valence-electron chi connectivity index (χ1n) is 35.9. The van der Waals surface area contributed by atoms with Crippen LogP contribution in [-0.4, -0.2) is 265 Å². The average Bonchev–Trinajstić information content (AvgIpc) is 0.671. The van der Waals surface area contributed by atoms with Gasteiger partial charge in [-0.25, -0.2) is 4.79 Å². The Labute approximate surface area is 592 Å². The Kier molecular flexibility index (Phi) is 23.3. The summed E-state index contributed by atoms with van der Waals surface area (Å²) < 4.78 is 74.1. The number of aldehydes is 1. The van der Waals surface area contributed by atoms with Crippen LogP contribution in [-0.2, 0) is 80.8 Å². The maximum Gasteiger partial charge on any atom is 0.331 e. The summed E-state index contributed by atoms with van der Waals surface area (Å²) in [6.45, 7) is 16.9. The number of aliphatic hydroxyl groups is 12. The second-order valence-corrected chi connectivity index (χ2v) is 32.5. The van der Waals surface area contributed by atoms with Gasteiger partial charge in [-0.3, -0.25) is 14.4 Å². The molecule has 102 heavy (non-hydrogen) atoms. The van der Waals surface area contributed by atoms with E-state index in [4.69, 9.17) is 56.8 Å². The van der Waals surface area contributed by atoms with Gasteiger partial charge >= 0.3 is 17.9 Å². The standard InChI is InChI=1S/C73H106O29/c1-33-11-13-37(14-12-33)15-18-48(80)99-58-35(3)93-65(62(60(58)94-36(4)77)95-41-25-34(2)49(81)54(86)51(41)83)102-67(90)73-24-23-68(5,6)26-39(73)38-16-17-45-69(7)21-20-47(70(8,31-75)44(69)19-22-71(45,9)72(38,10)27-46(73)79)98-66-61(101-64-57(89)55(87)52(84)42(28-74)96-64)59(53(85)43(97-66)30-91-32-76)100-63-56(88)50(82)40(78)29-92-63/h11-18,31-32,34-35,38-47,49-66,74,78-79,81-89H,19-30H2,1-10H3/b18-15+/t34?,35?,38?,39-,40?,41?,42?,43?,44+,45+,46+,47-,49?,50?,51?,52?,53?,54?,55?,56?,57?,58?,59?,60?,61?,62?,63?,64?,65?,66?,69-,70-,71+,72+,73+/m0/s1. The second kappa shape index (κ2) is 30.2. The zero-order valence-electron chi connectivity index (χ0n) is 59.4. The van der Waals surface area contributed by atoms with Gasteiger partial charge in [0, 0.05) is 13.0 Å². The van der Waals surface area contributed by atoms with Crippen LogP contribution in [0.15, 0.2) is 42.5 Å². The summed E-state index contributed by atoms with van der Waals surface area (Å²) in [6, 6.07) is 7.37. The van der Waals surface area contributed by atoms with Crippen LogP contribution < -0.4 is 0 Å². The zero-order valence-corrected chi connectivity index (χ0v) is 59.4. The summed E-state index contributed by atoms with van der Waals surface area (Å²) in [5.41, 5.74) is -3.70. The van der Waals surface area contributed by atoms with E-state index in [1.165, 1.54) is 6.08 Å². The minimum Gasteiger partial charge on any atom is -0.465 e. The highest BCUT2D eigenvalue weighted by molar-refractivity contribution is 5.87. The van der Waals surface area contributed by atoms with Gasteiger partial charge in [-0.05, 0) is 135 Å². The molecule has 0 amide bonds. The number of aliphatic hydroxyl groups excluding tert-OH is 12. The third kappa shape index (κ3) is 14.1. The average molecular weight is 1450 g/mol. The van der Waals surface area contributed by atoms with Gasteiger partial charge in [-0.2, -0.15) is 0 Å². The molecule has 29 heteroatoms.